The summed E-state index contributed by atoms with van der Waals surface area (Å²) in [5, 5.41) is 0. The first-order chi connectivity index (χ1) is 11.5. The van der Waals surface area contributed by atoms with E-state index in [0.29, 0.717) is 11.8 Å². The minimum atomic E-state index is 0.143. The summed E-state index contributed by atoms with van der Waals surface area (Å²) in [6.07, 6.45) is 3.54. The predicted molar refractivity (Wildman–Crippen MR) is 93.6 cm³/mol. The predicted octanol–water partition coefficient (Wildman–Crippen LogP) is 0.341. The van der Waals surface area contributed by atoms with Crippen molar-refractivity contribution in [1.29, 1.82) is 0 Å². The van der Waals surface area contributed by atoms with Crippen LogP contribution in [0.5, 0.6) is 0 Å². The van der Waals surface area contributed by atoms with Crippen molar-refractivity contribution >= 4 is 11.8 Å². The Hall–Kier alpha value is -1.14. The number of hydrogen-bond acceptors (Lipinski definition) is 4. The van der Waals surface area contributed by atoms with Crippen LogP contribution in [-0.4, -0.2) is 97.9 Å². The Bertz CT molecular complexity index is 404. The van der Waals surface area contributed by atoms with E-state index in [9.17, 15) is 9.59 Å². The standard InChI is InChI=1S/C18H32N4O2/c1-19-7-11-21(12-8-19)17(23)15-3-5-16(6-4-15)18(24)22-13-9-20(2)10-14-22/h15-16H,3-14H2,1-2H3. The molecule has 0 aromatic heterocycles. The summed E-state index contributed by atoms with van der Waals surface area (Å²) < 4.78 is 0. The lowest BCUT2D eigenvalue weighted by molar-refractivity contribution is -0.143. The maximum atomic E-state index is 12.7. The molecule has 24 heavy (non-hydrogen) atoms. The molecular weight excluding hydrogens is 304 g/mol. The van der Waals surface area contributed by atoms with Gasteiger partial charge in [0, 0.05) is 64.2 Å². The molecule has 3 rings (SSSR count). The molecule has 2 amide bonds. The van der Waals surface area contributed by atoms with Gasteiger partial charge in [-0.3, -0.25) is 9.59 Å². The smallest absolute Gasteiger partial charge is 0.225 e. The van der Waals surface area contributed by atoms with Crippen LogP contribution in [-0.2, 0) is 9.59 Å². The number of carbonyl (C=O) groups excluding carboxylic acids is 2. The highest BCUT2D eigenvalue weighted by molar-refractivity contribution is 5.81. The molecule has 0 N–H and O–H groups in total. The summed E-state index contributed by atoms with van der Waals surface area (Å²) in [7, 11) is 4.22. The maximum Gasteiger partial charge on any atom is 0.225 e. The van der Waals surface area contributed by atoms with Crippen LogP contribution in [0.25, 0.3) is 0 Å². The first-order valence-corrected chi connectivity index (χ1v) is 9.49. The molecule has 3 aliphatic rings. The number of rotatable bonds is 2. The summed E-state index contributed by atoms with van der Waals surface area (Å²) in [6, 6.07) is 0. The van der Waals surface area contributed by atoms with E-state index in [2.05, 4.69) is 23.9 Å². The molecule has 0 bridgehead atoms. The van der Waals surface area contributed by atoms with Crippen molar-refractivity contribution in [2.45, 2.75) is 25.7 Å². The van der Waals surface area contributed by atoms with E-state index >= 15 is 0 Å². The first kappa shape index (κ1) is 17.7. The number of carbonyl (C=O) groups is 2. The van der Waals surface area contributed by atoms with E-state index in [1.54, 1.807) is 0 Å². The summed E-state index contributed by atoms with van der Waals surface area (Å²) in [4.78, 5) is 34.0. The molecule has 0 aromatic carbocycles. The molecular formula is C18H32N4O2. The second kappa shape index (κ2) is 7.83. The van der Waals surface area contributed by atoms with Gasteiger partial charge >= 0.3 is 0 Å². The van der Waals surface area contributed by atoms with E-state index in [-0.39, 0.29) is 11.8 Å². The van der Waals surface area contributed by atoms with Crippen molar-refractivity contribution in [3.63, 3.8) is 0 Å². The highest BCUT2D eigenvalue weighted by Gasteiger charge is 2.34. The van der Waals surface area contributed by atoms with Gasteiger partial charge in [-0.1, -0.05) is 0 Å². The number of amides is 2. The highest BCUT2D eigenvalue weighted by atomic mass is 16.2. The number of hydrogen-bond donors (Lipinski definition) is 0. The summed E-state index contributed by atoms with van der Waals surface area (Å²) in [5.74, 6) is 0.942. The molecule has 3 fully saturated rings. The van der Waals surface area contributed by atoms with Crippen LogP contribution in [0.1, 0.15) is 25.7 Å². The first-order valence-electron chi connectivity index (χ1n) is 9.49. The Balaban J connectivity index is 1.45. The van der Waals surface area contributed by atoms with Crippen molar-refractivity contribution in [2.24, 2.45) is 11.8 Å². The van der Waals surface area contributed by atoms with Gasteiger partial charge in [0.2, 0.25) is 11.8 Å². The fourth-order valence-electron chi connectivity index (χ4n) is 4.16. The van der Waals surface area contributed by atoms with E-state index < -0.39 is 0 Å². The van der Waals surface area contributed by atoms with Gasteiger partial charge in [-0.05, 0) is 39.8 Å². The Morgan fingerprint density at radius 2 is 0.875 bits per heavy atom. The van der Waals surface area contributed by atoms with Crippen molar-refractivity contribution in [3.05, 3.63) is 0 Å². The quantitative estimate of drug-likeness (QED) is 0.730. The summed E-state index contributed by atoms with van der Waals surface area (Å²) >= 11 is 0. The van der Waals surface area contributed by atoms with Crippen molar-refractivity contribution < 1.29 is 9.59 Å². The zero-order valence-corrected chi connectivity index (χ0v) is 15.2. The largest absolute Gasteiger partial charge is 0.340 e. The van der Waals surface area contributed by atoms with Crippen molar-refractivity contribution in [2.75, 3.05) is 66.5 Å². The van der Waals surface area contributed by atoms with Gasteiger partial charge in [0.25, 0.3) is 0 Å². The van der Waals surface area contributed by atoms with Crippen LogP contribution >= 0.6 is 0 Å². The molecule has 0 radical (unpaired) electrons. The lowest BCUT2D eigenvalue weighted by Crippen LogP contribution is -2.51. The Morgan fingerprint density at radius 1 is 0.583 bits per heavy atom. The van der Waals surface area contributed by atoms with Crippen LogP contribution in [0.4, 0.5) is 0 Å². The third kappa shape index (κ3) is 4.09. The third-order valence-corrected chi connectivity index (χ3v) is 6.06. The zero-order valence-electron chi connectivity index (χ0n) is 15.2. The Morgan fingerprint density at radius 3 is 1.17 bits per heavy atom. The molecule has 1 saturated carbocycles. The molecule has 6 nitrogen and oxygen atoms in total. The number of piperazine rings is 2. The highest BCUT2D eigenvalue weighted by Crippen LogP contribution is 2.31. The molecule has 0 aromatic rings. The van der Waals surface area contributed by atoms with Crippen LogP contribution in [0.3, 0.4) is 0 Å². The minimum absolute atomic E-state index is 0.143. The molecule has 136 valence electrons. The number of nitrogens with zero attached hydrogens (tertiary/aromatic N) is 4. The second-order valence-corrected chi connectivity index (χ2v) is 7.81. The fourth-order valence-corrected chi connectivity index (χ4v) is 4.16. The lowest BCUT2D eigenvalue weighted by Gasteiger charge is -2.38. The molecule has 2 aliphatic heterocycles. The van der Waals surface area contributed by atoms with Gasteiger partial charge in [0.1, 0.15) is 0 Å². The summed E-state index contributed by atoms with van der Waals surface area (Å²) in [6.45, 7) is 7.33. The van der Waals surface area contributed by atoms with Gasteiger partial charge in [-0.15, -0.1) is 0 Å². The lowest BCUT2D eigenvalue weighted by atomic mass is 9.80. The summed E-state index contributed by atoms with van der Waals surface area (Å²) in [5.41, 5.74) is 0. The normalized spacial score (nSPS) is 30.4. The van der Waals surface area contributed by atoms with Crippen LogP contribution in [0.2, 0.25) is 0 Å². The van der Waals surface area contributed by atoms with E-state index in [0.717, 1.165) is 78.0 Å². The monoisotopic (exact) mass is 336 g/mol. The molecule has 6 heteroatoms. The maximum absolute atomic E-state index is 12.7. The zero-order chi connectivity index (χ0) is 17.1. The van der Waals surface area contributed by atoms with Gasteiger partial charge in [0.15, 0.2) is 0 Å². The van der Waals surface area contributed by atoms with Gasteiger partial charge < -0.3 is 19.6 Å². The molecule has 0 spiro atoms. The Labute approximate surface area is 145 Å². The average Bonchev–Trinajstić information content (AvgIpc) is 2.62. The topological polar surface area (TPSA) is 47.1 Å². The van der Waals surface area contributed by atoms with Crippen LogP contribution in [0.15, 0.2) is 0 Å². The van der Waals surface area contributed by atoms with E-state index in [4.69, 9.17) is 0 Å². The molecule has 0 unspecified atom stereocenters. The SMILES string of the molecule is CN1CCN(C(=O)C2CCC(C(=O)N3CCN(C)CC3)CC2)CC1. The third-order valence-electron chi connectivity index (χ3n) is 6.06. The van der Waals surface area contributed by atoms with Gasteiger partial charge in [-0.25, -0.2) is 0 Å². The molecule has 2 saturated heterocycles. The van der Waals surface area contributed by atoms with Gasteiger partial charge in [0.05, 0.1) is 0 Å². The fraction of sp³-hybridized carbons (Fsp3) is 0.889. The van der Waals surface area contributed by atoms with Gasteiger partial charge in [-0.2, -0.15) is 0 Å². The second-order valence-electron chi connectivity index (χ2n) is 7.81. The molecule has 0 atom stereocenters. The molecule has 1 aliphatic carbocycles. The van der Waals surface area contributed by atoms with Crippen LogP contribution < -0.4 is 0 Å². The van der Waals surface area contributed by atoms with E-state index in [1.165, 1.54) is 0 Å². The van der Waals surface area contributed by atoms with Crippen LogP contribution in [0, 0.1) is 11.8 Å². The Kier molecular flexibility index (Phi) is 5.76. The van der Waals surface area contributed by atoms with Crippen molar-refractivity contribution in [1.82, 2.24) is 19.6 Å². The average molecular weight is 336 g/mol. The minimum Gasteiger partial charge on any atom is -0.340 e. The van der Waals surface area contributed by atoms with Crippen molar-refractivity contribution in [3.8, 4) is 0 Å². The number of likely N-dealkylation sites (N-methyl/N-ethyl adjacent to an activating group) is 2. The molecule has 2 heterocycles. The van der Waals surface area contributed by atoms with E-state index in [1.807, 2.05) is 9.80 Å².